The summed E-state index contributed by atoms with van der Waals surface area (Å²) >= 11 is 1.70. The fraction of sp³-hybridized carbons (Fsp3) is 0.320. The standard InChI is InChI=1S/C25H23N3O3S/c26-15-18-12-16(3-4-22(18)31-19-6-9-30-10-7-19)17-5-8-27-24(13-17)28-25(29)21-14-20(21)23-2-1-11-32-23/h1-5,8,11-13,19-21H,6-7,9-10,14H2,(H,27,28,29). The third kappa shape index (κ3) is 4.52. The van der Waals surface area contributed by atoms with Gasteiger partial charge in [0.15, 0.2) is 0 Å². The van der Waals surface area contributed by atoms with Gasteiger partial charge in [0.2, 0.25) is 5.91 Å². The topological polar surface area (TPSA) is 84.2 Å². The number of anilines is 1. The van der Waals surface area contributed by atoms with Gasteiger partial charge in [-0.1, -0.05) is 12.1 Å². The van der Waals surface area contributed by atoms with E-state index in [-0.39, 0.29) is 17.9 Å². The maximum absolute atomic E-state index is 12.6. The SMILES string of the molecule is N#Cc1cc(-c2ccnc(NC(=O)C3CC3c3cccs3)c2)ccc1OC1CCOCC1. The molecule has 162 valence electrons. The molecule has 1 aromatic carbocycles. The number of carbonyl (C=O) groups excluding carboxylic acids is 1. The van der Waals surface area contributed by atoms with Gasteiger partial charge < -0.3 is 14.8 Å². The zero-order valence-electron chi connectivity index (χ0n) is 17.5. The molecule has 6 nitrogen and oxygen atoms in total. The molecule has 2 aromatic heterocycles. The first-order valence-electron chi connectivity index (χ1n) is 10.8. The van der Waals surface area contributed by atoms with E-state index in [0.717, 1.165) is 30.4 Å². The first kappa shape index (κ1) is 20.7. The minimum atomic E-state index is 0.00548. The average Bonchev–Trinajstić information content (AvgIpc) is 3.45. The lowest BCUT2D eigenvalue weighted by Gasteiger charge is -2.23. The molecule has 1 saturated heterocycles. The minimum absolute atomic E-state index is 0.00548. The van der Waals surface area contributed by atoms with Gasteiger partial charge in [0.25, 0.3) is 0 Å². The second kappa shape index (κ2) is 9.11. The predicted octanol–water partition coefficient (Wildman–Crippen LogP) is 4.98. The van der Waals surface area contributed by atoms with Crippen molar-refractivity contribution in [3.8, 4) is 22.9 Å². The van der Waals surface area contributed by atoms with Crippen molar-refractivity contribution in [3.63, 3.8) is 0 Å². The van der Waals surface area contributed by atoms with Crippen LogP contribution in [0.15, 0.2) is 54.0 Å². The fourth-order valence-corrected chi connectivity index (χ4v) is 4.98. The summed E-state index contributed by atoms with van der Waals surface area (Å²) in [6.07, 6.45) is 4.28. The lowest BCUT2D eigenvalue weighted by atomic mass is 10.0. The van der Waals surface area contributed by atoms with Gasteiger partial charge in [0, 0.05) is 35.8 Å². The summed E-state index contributed by atoms with van der Waals surface area (Å²) in [5, 5.41) is 14.6. The normalized spacial score (nSPS) is 20.3. The summed E-state index contributed by atoms with van der Waals surface area (Å²) in [7, 11) is 0. The Bertz CT molecular complexity index is 1150. The van der Waals surface area contributed by atoms with E-state index in [4.69, 9.17) is 9.47 Å². The Balaban J connectivity index is 1.28. The van der Waals surface area contributed by atoms with E-state index in [0.29, 0.717) is 36.3 Å². The van der Waals surface area contributed by atoms with E-state index in [1.807, 2.05) is 41.8 Å². The van der Waals surface area contributed by atoms with E-state index in [9.17, 15) is 10.1 Å². The Hall–Kier alpha value is -3.21. The molecule has 3 aromatic rings. The summed E-state index contributed by atoms with van der Waals surface area (Å²) in [4.78, 5) is 18.2. The highest BCUT2D eigenvalue weighted by Gasteiger charge is 2.44. The molecular weight excluding hydrogens is 422 g/mol. The van der Waals surface area contributed by atoms with Gasteiger partial charge in [-0.2, -0.15) is 5.26 Å². The Morgan fingerprint density at radius 2 is 2.03 bits per heavy atom. The zero-order chi connectivity index (χ0) is 21.9. The lowest BCUT2D eigenvalue weighted by Crippen LogP contribution is -2.26. The first-order chi connectivity index (χ1) is 15.7. The number of carbonyl (C=O) groups is 1. The molecule has 0 spiro atoms. The summed E-state index contributed by atoms with van der Waals surface area (Å²) in [6.45, 7) is 1.37. The van der Waals surface area contributed by atoms with Gasteiger partial charge in [-0.15, -0.1) is 11.3 Å². The number of aromatic nitrogens is 1. The second-order valence-electron chi connectivity index (χ2n) is 8.14. The van der Waals surface area contributed by atoms with Crippen molar-refractivity contribution in [2.75, 3.05) is 18.5 Å². The van der Waals surface area contributed by atoms with E-state index >= 15 is 0 Å². The second-order valence-corrected chi connectivity index (χ2v) is 9.11. The number of hydrogen-bond acceptors (Lipinski definition) is 6. The monoisotopic (exact) mass is 445 g/mol. The maximum Gasteiger partial charge on any atom is 0.229 e. The molecule has 32 heavy (non-hydrogen) atoms. The number of pyridine rings is 1. The molecule has 1 saturated carbocycles. The van der Waals surface area contributed by atoms with Gasteiger partial charge in [0.1, 0.15) is 23.7 Å². The van der Waals surface area contributed by atoms with Gasteiger partial charge in [-0.05, 0) is 53.3 Å². The molecular formula is C25H23N3O3S. The summed E-state index contributed by atoms with van der Waals surface area (Å²) in [6, 6.07) is 15.7. The van der Waals surface area contributed by atoms with Crippen molar-refractivity contribution in [1.29, 1.82) is 5.26 Å². The van der Waals surface area contributed by atoms with Gasteiger partial charge in [-0.25, -0.2) is 4.98 Å². The number of benzene rings is 1. The number of nitriles is 1. The first-order valence-corrected chi connectivity index (χ1v) is 11.7. The fourth-order valence-electron chi connectivity index (χ4n) is 4.07. The third-order valence-corrected chi connectivity index (χ3v) is 6.95. The van der Waals surface area contributed by atoms with Gasteiger partial charge in [0.05, 0.1) is 18.8 Å². The zero-order valence-corrected chi connectivity index (χ0v) is 18.3. The van der Waals surface area contributed by atoms with Crippen LogP contribution in [0.25, 0.3) is 11.1 Å². The highest BCUT2D eigenvalue weighted by molar-refractivity contribution is 7.10. The van der Waals surface area contributed by atoms with Crippen LogP contribution in [0.1, 0.15) is 35.6 Å². The Kier molecular flexibility index (Phi) is 5.89. The van der Waals surface area contributed by atoms with Crippen LogP contribution in [0.2, 0.25) is 0 Å². The predicted molar refractivity (Wildman–Crippen MR) is 123 cm³/mol. The molecule has 3 heterocycles. The molecule has 2 atom stereocenters. The van der Waals surface area contributed by atoms with Crippen molar-refractivity contribution in [2.24, 2.45) is 5.92 Å². The molecule has 1 aliphatic heterocycles. The molecule has 2 fully saturated rings. The largest absolute Gasteiger partial charge is 0.489 e. The van der Waals surface area contributed by atoms with E-state index < -0.39 is 0 Å². The Morgan fingerprint density at radius 1 is 1.19 bits per heavy atom. The van der Waals surface area contributed by atoms with Crippen LogP contribution in [0.3, 0.4) is 0 Å². The summed E-state index contributed by atoms with van der Waals surface area (Å²) in [5.74, 6) is 1.45. The highest BCUT2D eigenvalue weighted by atomic mass is 32.1. The molecule has 1 amide bonds. The quantitative estimate of drug-likeness (QED) is 0.578. The Labute approximate surface area is 190 Å². The maximum atomic E-state index is 12.6. The number of hydrogen-bond donors (Lipinski definition) is 1. The van der Waals surface area contributed by atoms with Crippen LogP contribution >= 0.6 is 11.3 Å². The van der Waals surface area contributed by atoms with E-state index in [1.165, 1.54) is 4.88 Å². The smallest absolute Gasteiger partial charge is 0.229 e. The van der Waals surface area contributed by atoms with Crippen LogP contribution in [-0.4, -0.2) is 30.2 Å². The van der Waals surface area contributed by atoms with Crippen molar-refractivity contribution >= 4 is 23.1 Å². The lowest BCUT2D eigenvalue weighted by molar-refractivity contribution is -0.117. The number of ether oxygens (including phenoxy) is 2. The van der Waals surface area contributed by atoms with Crippen LogP contribution in [0.5, 0.6) is 5.75 Å². The van der Waals surface area contributed by atoms with Crippen molar-refractivity contribution in [1.82, 2.24) is 4.98 Å². The average molecular weight is 446 g/mol. The minimum Gasteiger partial charge on any atom is -0.489 e. The summed E-state index contributed by atoms with van der Waals surface area (Å²) < 4.78 is 11.4. The third-order valence-electron chi connectivity index (χ3n) is 5.94. The molecule has 5 rings (SSSR count). The van der Waals surface area contributed by atoms with Crippen LogP contribution in [0, 0.1) is 17.2 Å². The highest BCUT2D eigenvalue weighted by Crippen LogP contribution is 2.49. The van der Waals surface area contributed by atoms with Gasteiger partial charge >= 0.3 is 0 Å². The van der Waals surface area contributed by atoms with Crippen LogP contribution in [0.4, 0.5) is 5.82 Å². The van der Waals surface area contributed by atoms with E-state index in [2.05, 4.69) is 22.4 Å². The molecule has 2 aliphatic rings. The molecule has 2 unspecified atom stereocenters. The van der Waals surface area contributed by atoms with E-state index in [1.54, 1.807) is 17.5 Å². The number of nitrogens with zero attached hydrogens (tertiary/aromatic N) is 2. The molecule has 0 radical (unpaired) electrons. The molecule has 1 N–H and O–H groups in total. The van der Waals surface area contributed by atoms with Crippen molar-refractivity contribution in [2.45, 2.75) is 31.3 Å². The number of amides is 1. The summed E-state index contributed by atoms with van der Waals surface area (Å²) in [5.41, 5.74) is 2.25. The van der Waals surface area contributed by atoms with Crippen LogP contribution in [-0.2, 0) is 9.53 Å². The van der Waals surface area contributed by atoms with Crippen molar-refractivity contribution in [3.05, 3.63) is 64.5 Å². The van der Waals surface area contributed by atoms with Crippen molar-refractivity contribution < 1.29 is 14.3 Å². The number of rotatable bonds is 6. The number of nitrogens with one attached hydrogen (secondary N) is 1. The Morgan fingerprint density at radius 3 is 2.81 bits per heavy atom. The molecule has 1 aliphatic carbocycles. The molecule has 7 heteroatoms. The van der Waals surface area contributed by atoms with Gasteiger partial charge in [-0.3, -0.25) is 4.79 Å². The number of thiophene rings is 1. The molecule has 0 bridgehead atoms. The van der Waals surface area contributed by atoms with Crippen LogP contribution < -0.4 is 10.1 Å².